The van der Waals surface area contributed by atoms with Gasteiger partial charge in [-0.05, 0) is 55.4 Å². The van der Waals surface area contributed by atoms with E-state index in [4.69, 9.17) is 4.99 Å². The van der Waals surface area contributed by atoms with E-state index in [1.54, 1.807) is 0 Å². The lowest BCUT2D eigenvalue weighted by atomic mass is 9.72. The van der Waals surface area contributed by atoms with Gasteiger partial charge in [-0.15, -0.1) is 0 Å². The lowest BCUT2D eigenvalue weighted by Gasteiger charge is -2.37. The molecule has 1 fully saturated rings. The van der Waals surface area contributed by atoms with Gasteiger partial charge in [-0.25, -0.2) is 4.99 Å². The molecule has 1 aromatic heterocycles. The Balaban J connectivity index is 1.66. The van der Waals surface area contributed by atoms with Crippen molar-refractivity contribution in [2.24, 2.45) is 10.4 Å². The van der Waals surface area contributed by atoms with Crippen LogP contribution in [0.3, 0.4) is 0 Å². The summed E-state index contributed by atoms with van der Waals surface area (Å²) in [5, 5.41) is 16.5. The number of aliphatic hydroxyl groups is 1. The molecule has 3 rings (SSSR count). The van der Waals surface area contributed by atoms with Crippen LogP contribution in [-0.2, 0) is 6.54 Å². The van der Waals surface area contributed by atoms with E-state index in [1.807, 2.05) is 24.4 Å². The first-order chi connectivity index (χ1) is 14.2. The van der Waals surface area contributed by atoms with Crippen LogP contribution in [0.2, 0.25) is 0 Å². The smallest absolute Gasteiger partial charge is 0.191 e. The zero-order chi connectivity index (χ0) is 20.4. The number of nitrogens with zero attached hydrogens (tertiary/aromatic N) is 2. The summed E-state index contributed by atoms with van der Waals surface area (Å²) in [5.41, 5.74) is 3.45. The molecule has 0 spiro atoms. The number of nitrogens with one attached hydrogen (secondary N) is 2. The fourth-order valence-corrected chi connectivity index (χ4v) is 4.20. The van der Waals surface area contributed by atoms with Crippen molar-refractivity contribution in [3.8, 4) is 11.3 Å². The lowest BCUT2D eigenvalue weighted by molar-refractivity contribution is 0.131. The average Bonchev–Trinajstić information content (AvgIpc) is 2.77. The van der Waals surface area contributed by atoms with Crippen LogP contribution in [0, 0.1) is 5.41 Å². The molecule has 0 bridgehead atoms. The SMILES string of the molecule is CCNC(=NCc1cccc(-c2ccccn2)c1)NCC1(CCO)CCCCC1. The monoisotopic (exact) mass is 394 g/mol. The first kappa shape index (κ1) is 21.3. The van der Waals surface area contributed by atoms with Gasteiger partial charge in [0.25, 0.3) is 0 Å². The summed E-state index contributed by atoms with van der Waals surface area (Å²) in [4.78, 5) is 9.25. The Bertz CT molecular complexity index is 764. The van der Waals surface area contributed by atoms with Crippen molar-refractivity contribution in [2.45, 2.75) is 52.0 Å². The highest BCUT2D eigenvalue weighted by Crippen LogP contribution is 2.38. The first-order valence-corrected chi connectivity index (χ1v) is 10.9. The topological polar surface area (TPSA) is 69.5 Å². The average molecular weight is 395 g/mol. The Hall–Kier alpha value is -2.40. The molecule has 29 heavy (non-hydrogen) atoms. The highest BCUT2D eigenvalue weighted by Gasteiger charge is 2.31. The van der Waals surface area contributed by atoms with Gasteiger partial charge in [-0.3, -0.25) is 4.98 Å². The van der Waals surface area contributed by atoms with Gasteiger partial charge in [0, 0.05) is 31.5 Å². The number of aromatic nitrogens is 1. The molecular weight excluding hydrogens is 360 g/mol. The van der Waals surface area contributed by atoms with Crippen molar-refractivity contribution in [3.63, 3.8) is 0 Å². The maximum Gasteiger partial charge on any atom is 0.191 e. The molecule has 1 aromatic carbocycles. The fourth-order valence-electron chi connectivity index (χ4n) is 4.20. The molecule has 0 amide bonds. The van der Waals surface area contributed by atoms with Crippen LogP contribution in [0.15, 0.2) is 53.7 Å². The number of hydrogen-bond donors (Lipinski definition) is 3. The molecule has 1 heterocycles. The summed E-state index contributed by atoms with van der Waals surface area (Å²) in [6.07, 6.45) is 8.89. The number of benzene rings is 1. The van der Waals surface area contributed by atoms with E-state index in [1.165, 1.54) is 32.1 Å². The zero-order valence-corrected chi connectivity index (χ0v) is 17.5. The highest BCUT2D eigenvalue weighted by molar-refractivity contribution is 5.79. The van der Waals surface area contributed by atoms with Gasteiger partial charge in [-0.2, -0.15) is 0 Å². The minimum atomic E-state index is 0.197. The highest BCUT2D eigenvalue weighted by atomic mass is 16.3. The minimum absolute atomic E-state index is 0.197. The Kier molecular flexibility index (Phi) is 8.05. The van der Waals surface area contributed by atoms with Gasteiger partial charge in [-0.1, -0.05) is 43.5 Å². The zero-order valence-electron chi connectivity index (χ0n) is 17.5. The van der Waals surface area contributed by atoms with E-state index in [0.29, 0.717) is 6.54 Å². The molecule has 1 aliphatic rings. The van der Waals surface area contributed by atoms with Crippen LogP contribution < -0.4 is 10.6 Å². The third-order valence-corrected chi connectivity index (χ3v) is 5.84. The summed E-state index contributed by atoms with van der Waals surface area (Å²) in [6.45, 7) is 4.65. The number of pyridine rings is 1. The number of guanidine groups is 1. The number of rotatable bonds is 8. The van der Waals surface area contributed by atoms with E-state index >= 15 is 0 Å². The molecule has 1 aliphatic carbocycles. The van der Waals surface area contributed by atoms with Crippen LogP contribution in [0.5, 0.6) is 0 Å². The van der Waals surface area contributed by atoms with Crippen molar-refractivity contribution in [1.29, 1.82) is 0 Å². The van der Waals surface area contributed by atoms with Gasteiger partial charge in [0.05, 0.1) is 12.2 Å². The molecule has 0 atom stereocenters. The maximum atomic E-state index is 9.55. The Morgan fingerprint density at radius 3 is 2.69 bits per heavy atom. The van der Waals surface area contributed by atoms with Crippen molar-refractivity contribution in [1.82, 2.24) is 15.6 Å². The summed E-state index contributed by atoms with van der Waals surface area (Å²) in [7, 11) is 0. The third kappa shape index (κ3) is 6.29. The maximum absolute atomic E-state index is 9.55. The molecule has 1 saturated carbocycles. The van der Waals surface area contributed by atoms with E-state index in [-0.39, 0.29) is 12.0 Å². The predicted molar refractivity (Wildman–Crippen MR) is 120 cm³/mol. The standard InChI is InChI=1S/C24H34N4O/c1-2-25-23(28-19-24(14-16-29)12-5-3-6-13-24)27-18-20-9-8-10-21(17-20)22-11-4-7-15-26-22/h4,7-11,15,17,29H,2-3,5-6,12-14,16,18-19H2,1H3,(H2,25,27,28). The molecular formula is C24H34N4O. The van der Waals surface area contributed by atoms with Crippen LogP contribution in [-0.4, -0.2) is 35.7 Å². The summed E-state index contributed by atoms with van der Waals surface area (Å²) >= 11 is 0. The van der Waals surface area contributed by atoms with Crippen molar-refractivity contribution < 1.29 is 5.11 Å². The fraction of sp³-hybridized carbons (Fsp3) is 0.500. The normalized spacial score (nSPS) is 16.4. The lowest BCUT2D eigenvalue weighted by Crippen LogP contribution is -2.44. The van der Waals surface area contributed by atoms with Gasteiger partial charge in [0.2, 0.25) is 0 Å². The molecule has 0 unspecified atom stereocenters. The van der Waals surface area contributed by atoms with E-state index in [2.05, 4.69) is 46.8 Å². The molecule has 3 N–H and O–H groups in total. The second-order valence-corrected chi connectivity index (χ2v) is 8.00. The predicted octanol–water partition coefficient (Wildman–Crippen LogP) is 4.14. The molecule has 5 heteroatoms. The Morgan fingerprint density at radius 2 is 1.97 bits per heavy atom. The largest absolute Gasteiger partial charge is 0.396 e. The Labute approximate surface area is 174 Å². The van der Waals surface area contributed by atoms with E-state index in [0.717, 1.165) is 42.3 Å². The van der Waals surface area contributed by atoms with Crippen molar-refractivity contribution in [2.75, 3.05) is 19.7 Å². The van der Waals surface area contributed by atoms with Crippen LogP contribution in [0.4, 0.5) is 0 Å². The van der Waals surface area contributed by atoms with Gasteiger partial charge in [0.15, 0.2) is 5.96 Å². The van der Waals surface area contributed by atoms with E-state index in [9.17, 15) is 5.11 Å². The summed E-state index contributed by atoms with van der Waals surface area (Å²) in [5.74, 6) is 0.846. The Morgan fingerprint density at radius 1 is 1.10 bits per heavy atom. The third-order valence-electron chi connectivity index (χ3n) is 5.84. The molecule has 0 radical (unpaired) electrons. The number of hydrogen-bond acceptors (Lipinski definition) is 3. The molecule has 0 aliphatic heterocycles. The molecule has 156 valence electrons. The second kappa shape index (κ2) is 11.0. The summed E-state index contributed by atoms with van der Waals surface area (Å²) < 4.78 is 0. The van der Waals surface area contributed by atoms with Crippen molar-refractivity contribution in [3.05, 3.63) is 54.2 Å². The first-order valence-electron chi connectivity index (χ1n) is 10.9. The summed E-state index contributed by atoms with van der Waals surface area (Å²) in [6, 6.07) is 14.4. The van der Waals surface area contributed by atoms with Crippen molar-refractivity contribution >= 4 is 5.96 Å². The molecule has 2 aromatic rings. The van der Waals surface area contributed by atoms with Gasteiger partial charge in [0.1, 0.15) is 0 Å². The van der Waals surface area contributed by atoms with Gasteiger partial charge < -0.3 is 15.7 Å². The van der Waals surface area contributed by atoms with Gasteiger partial charge >= 0.3 is 0 Å². The molecule has 5 nitrogen and oxygen atoms in total. The minimum Gasteiger partial charge on any atom is -0.396 e. The van der Waals surface area contributed by atoms with E-state index < -0.39 is 0 Å². The van der Waals surface area contributed by atoms with Crippen LogP contribution >= 0.6 is 0 Å². The molecule has 0 saturated heterocycles. The number of aliphatic imine (C=N–C) groups is 1. The van der Waals surface area contributed by atoms with Crippen LogP contribution in [0.1, 0.15) is 51.0 Å². The second-order valence-electron chi connectivity index (χ2n) is 8.00. The quantitative estimate of drug-likeness (QED) is 0.465. The number of aliphatic hydroxyl groups excluding tert-OH is 1. The van der Waals surface area contributed by atoms with Crippen LogP contribution in [0.25, 0.3) is 11.3 Å².